The van der Waals surface area contributed by atoms with Crippen LogP contribution in [-0.2, 0) is 17.1 Å². The number of nitriles is 1. The van der Waals surface area contributed by atoms with Crippen LogP contribution >= 0.6 is 0 Å². The molecule has 1 saturated heterocycles. The Bertz CT molecular complexity index is 1780. The molecule has 0 unspecified atom stereocenters. The van der Waals surface area contributed by atoms with Crippen molar-refractivity contribution >= 4 is 26.7 Å². The van der Waals surface area contributed by atoms with Crippen LogP contribution in [0.2, 0.25) is 0 Å². The second-order valence-electron chi connectivity index (χ2n) is 10.6. The number of hydrogen-bond acceptors (Lipinski definition) is 7. The molecule has 2 aromatic heterocycles. The summed E-state index contributed by atoms with van der Waals surface area (Å²) in [5.74, 6) is -0.788. The number of halogens is 2. The fourth-order valence-corrected chi connectivity index (χ4v) is 6.09. The molecule has 1 N–H and O–H groups in total. The first-order valence-corrected chi connectivity index (χ1v) is 15.2. The minimum absolute atomic E-state index is 0.0513. The van der Waals surface area contributed by atoms with Gasteiger partial charge in [-0.25, -0.2) is 21.9 Å². The first kappa shape index (κ1) is 29.3. The molecule has 0 radical (unpaired) electrons. The monoisotopic (exact) mass is 592 g/mol. The van der Waals surface area contributed by atoms with Gasteiger partial charge in [-0.3, -0.25) is 14.7 Å². The SMILES string of the molecule is C[C@H]1CN(C(c2ccc(F)cc2)c2ccc(F)cc2)[C@H](CNS(C)(=O)=O)CN1c1cc(=O)n(C)c2cc(C#N)cnc12. The average molecular weight is 593 g/mol. The molecule has 0 saturated carbocycles. The maximum absolute atomic E-state index is 13.9. The summed E-state index contributed by atoms with van der Waals surface area (Å²) in [5, 5.41) is 9.39. The van der Waals surface area contributed by atoms with Crippen molar-refractivity contribution in [2.75, 3.05) is 30.8 Å². The van der Waals surface area contributed by atoms with Crippen molar-refractivity contribution in [2.24, 2.45) is 7.05 Å². The normalized spacial score (nSPS) is 18.0. The van der Waals surface area contributed by atoms with Gasteiger partial charge in [-0.1, -0.05) is 24.3 Å². The minimum atomic E-state index is -3.55. The highest BCUT2D eigenvalue weighted by atomic mass is 32.2. The molecule has 42 heavy (non-hydrogen) atoms. The quantitative estimate of drug-likeness (QED) is 0.351. The number of aryl methyl sites for hydroxylation is 1. The lowest BCUT2D eigenvalue weighted by atomic mass is 9.93. The van der Waals surface area contributed by atoms with E-state index in [0.717, 1.165) is 17.4 Å². The summed E-state index contributed by atoms with van der Waals surface area (Å²) >= 11 is 0. The third kappa shape index (κ3) is 6.04. The van der Waals surface area contributed by atoms with Crippen molar-refractivity contribution in [1.29, 1.82) is 5.26 Å². The summed E-state index contributed by atoms with van der Waals surface area (Å²) in [7, 11) is -1.94. The molecular weight excluding hydrogens is 562 g/mol. The number of anilines is 1. The maximum atomic E-state index is 13.9. The number of pyridine rings is 2. The Balaban J connectivity index is 1.62. The van der Waals surface area contributed by atoms with E-state index in [0.29, 0.717) is 35.4 Å². The summed E-state index contributed by atoms with van der Waals surface area (Å²) < 4.78 is 56.3. The summed E-state index contributed by atoms with van der Waals surface area (Å²) in [6.45, 7) is 2.78. The second kappa shape index (κ2) is 11.6. The minimum Gasteiger partial charge on any atom is -0.364 e. The topological polar surface area (TPSA) is 111 Å². The summed E-state index contributed by atoms with van der Waals surface area (Å²) in [5.41, 5.74) is 3.20. The molecule has 0 aliphatic carbocycles. The number of benzene rings is 2. The van der Waals surface area contributed by atoms with Gasteiger partial charge in [0.1, 0.15) is 23.2 Å². The summed E-state index contributed by atoms with van der Waals surface area (Å²) in [6, 6.07) is 16.3. The molecule has 1 fully saturated rings. The van der Waals surface area contributed by atoms with Gasteiger partial charge in [0.25, 0.3) is 5.56 Å². The van der Waals surface area contributed by atoms with Crippen LogP contribution in [0.1, 0.15) is 29.7 Å². The van der Waals surface area contributed by atoms with E-state index in [-0.39, 0.29) is 18.1 Å². The van der Waals surface area contributed by atoms with Crippen LogP contribution < -0.4 is 15.2 Å². The standard InChI is InChI=1S/C30H30F2N6O3S/c1-19-17-38(30(21-4-8-23(31)9-5-21)22-6-10-24(32)11-7-22)25(16-35-42(3,40)41)18-37(19)27-13-28(39)36(2)26-12-20(14-33)15-34-29(26)27/h4-13,15,19,25,30,35H,16-18H2,1-3H3/t19-,25+/m0/s1. The highest BCUT2D eigenvalue weighted by Gasteiger charge is 2.38. The predicted octanol–water partition coefficient (Wildman–Crippen LogP) is 3.30. The van der Waals surface area contributed by atoms with Gasteiger partial charge >= 0.3 is 0 Å². The van der Waals surface area contributed by atoms with Crippen molar-refractivity contribution in [3.63, 3.8) is 0 Å². The molecule has 0 amide bonds. The van der Waals surface area contributed by atoms with Crippen LogP contribution in [0, 0.1) is 23.0 Å². The second-order valence-corrected chi connectivity index (χ2v) is 12.4. The molecule has 3 heterocycles. The van der Waals surface area contributed by atoms with E-state index in [9.17, 15) is 27.3 Å². The predicted molar refractivity (Wildman–Crippen MR) is 156 cm³/mol. The van der Waals surface area contributed by atoms with Gasteiger partial charge < -0.3 is 9.47 Å². The fraction of sp³-hybridized carbons (Fsp3) is 0.300. The number of hydrogen-bond donors (Lipinski definition) is 1. The molecule has 1 aliphatic heterocycles. The number of aromatic nitrogens is 2. The van der Waals surface area contributed by atoms with Gasteiger partial charge in [0.05, 0.1) is 29.1 Å². The molecule has 1 aliphatic rings. The van der Waals surface area contributed by atoms with Gasteiger partial charge in [-0.2, -0.15) is 5.26 Å². The number of nitrogens with zero attached hydrogens (tertiary/aromatic N) is 5. The smallest absolute Gasteiger partial charge is 0.252 e. The highest BCUT2D eigenvalue weighted by Crippen LogP contribution is 2.36. The third-order valence-corrected chi connectivity index (χ3v) is 8.36. The molecule has 9 nitrogen and oxygen atoms in total. The zero-order chi connectivity index (χ0) is 30.2. The lowest BCUT2D eigenvalue weighted by Gasteiger charge is -2.49. The van der Waals surface area contributed by atoms with E-state index in [2.05, 4.69) is 20.7 Å². The van der Waals surface area contributed by atoms with Crippen molar-refractivity contribution in [3.05, 3.63) is 106 Å². The molecule has 0 bridgehead atoms. The van der Waals surface area contributed by atoms with Gasteiger partial charge in [-0.05, 0) is 48.4 Å². The molecule has 5 rings (SSSR count). The largest absolute Gasteiger partial charge is 0.364 e. The van der Waals surface area contributed by atoms with Crippen LogP contribution in [0.3, 0.4) is 0 Å². The molecular formula is C30H30F2N6O3S. The summed E-state index contributed by atoms with van der Waals surface area (Å²) in [4.78, 5) is 21.7. The maximum Gasteiger partial charge on any atom is 0.252 e. The zero-order valence-electron chi connectivity index (χ0n) is 23.3. The van der Waals surface area contributed by atoms with Crippen molar-refractivity contribution in [3.8, 4) is 6.07 Å². The molecule has 12 heteroatoms. The number of nitrogens with one attached hydrogen (secondary N) is 1. The third-order valence-electron chi connectivity index (χ3n) is 7.67. The Kier molecular flexibility index (Phi) is 8.10. The van der Waals surface area contributed by atoms with E-state index in [4.69, 9.17) is 0 Å². The van der Waals surface area contributed by atoms with Crippen LogP contribution in [0.4, 0.5) is 14.5 Å². The van der Waals surface area contributed by atoms with E-state index < -0.39 is 33.7 Å². The number of sulfonamides is 1. The van der Waals surface area contributed by atoms with E-state index in [1.165, 1.54) is 41.1 Å². The molecule has 2 aromatic carbocycles. The van der Waals surface area contributed by atoms with Crippen LogP contribution in [-0.4, -0.2) is 60.8 Å². The lowest BCUT2D eigenvalue weighted by Crippen LogP contribution is -2.61. The van der Waals surface area contributed by atoms with E-state index in [1.54, 1.807) is 37.4 Å². The molecule has 2 atom stereocenters. The Morgan fingerprint density at radius 2 is 1.64 bits per heavy atom. The molecule has 4 aromatic rings. The number of piperazine rings is 1. The Morgan fingerprint density at radius 3 is 2.19 bits per heavy atom. The van der Waals surface area contributed by atoms with Gasteiger partial charge in [0.15, 0.2) is 0 Å². The van der Waals surface area contributed by atoms with Crippen LogP contribution in [0.15, 0.2) is 71.7 Å². The average Bonchev–Trinajstić information content (AvgIpc) is 2.96. The Labute approximate surface area is 242 Å². The van der Waals surface area contributed by atoms with E-state index in [1.807, 2.05) is 11.8 Å². The van der Waals surface area contributed by atoms with Gasteiger partial charge in [-0.15, -0.1) is 0 Å². The van der Waals surface area contributed by atoms with Crippen LogP contribution in [0.5, 0.6) is 0 Å². The Hall–Kier alpha value is -4.18. The number of rotatable bonds is 7. The highest BCUT2D eigenvalue weighted by molar-refractivity contribution is 7.88. The van der Waals surface area contributed by atoms with Gasteiger partial charge in [0, 0.05) is 51.0 Å². The molecule has 218 valence electrons. The summed E-state index contributed by atoms with van der Waals surface area (Å²) in [6.07, 6.45) is 2.54. The van der Waals surface area contributed by atoms with Gasteiger partial charge in [0.2, 0.25) is 10.0 Å². The van der Waals surface area contributed by atoms with Crippen molar-refractivity contribution in [1.82, 2.24) is 19.2 Å². The first-order chi connectivity index (χ1) is 19.9. The zero-order valence-corrected chi connectivity index (χ0v) is 24.1. The fourth-order valence-electron chi connectivity index (χ4n) is 5.60. The molecule has 0 spiro atoms. The van der Waals surface area contributed by atoms with Crippen molar-refractivity contribution in [2.45, 2.75) is 25.0 Å². The van der Waals surface area contributed by atoms with Crippen LogP contribution in [0.25, 0.3) is 11.0 Å². The van der Waals surface area contributed by atoms with Crippen molar-refractivity contribution < 1.29 is 17.2 Å². The van der Waals surface area contributed by atoms with E-state index >= 15 is 0 Å². The Morgan fingerprint density at radius 1 is 1.05 bits per heavy atom. The lowest BCUT2D eigenvalue weighted by molar-refractivity contribution is 0.121. The number of fused-ring (bicyclic) bond motifs is 1. The first-order valence-electron chi connectivity index (χ1n) is 13.3.